The Hall–Kier alpha value is -0.840. The first-order valence-corrected chi connectivity index (χ1v) is 4.50. The Morgan fingerprint density at radius 3 is 3.23 bits per heavy atom. The van der Waals surface area contributed by atoms with Crippen molar-refractivity contribution in [1.29, 1.82) is 0 Å². The van der Waals surface area contributed by atoms with Crippen LogP contribution in [0.5, 0.6) is 0 Å². The van der Waals surface area contributed by atoms with E-state index in [1.807, 2.05) is 0 Å². The first-order chi connectivity index (χ1) is 6.24. The summed E-state index contributed by atoms with van der Waals surface area (Å²) >= 11 is 0. The van der Waals surface area contributed by atoms with Crippen molar-refractivity contribution in [3.05, 3.63) is 0 Å². The molecule has 1 fully saturated rings. The molecule has 1 atom stereocenters. The molecule has 1 heterocycles. The number of rotatable bonds is 1. The molecule has 1 amide bonds. The molecule has 0 aromatic carbocycles. The number of alkyl halides is 1. The van der Waals surface area contributed by atoms with Crippen LogP contribution in [0.3, 0.4) is 0 Å². The Kier molecular flexibility index (Phi) is 3.95. The fourth-order valence-corrected chi connectivity index (χ4v) is 1.25. The minimum absolute atomic E-state index is 0.131. The van der Waals surface area contributed by atoms with E-state index in [1.54, 1.807) is 6.92 Å². The molecule has 0 aromatic rings. The Morgan fingerprint density at radius 1 is 1.77 bits per heavy atom. The highest BCUT2D eigenvalue weighted by molar-refractivity contribution is 5.67. The van der Waals surface area contributed by atoms with Gasteiger partial charge in [-0.15, -0.1) is 0 Å². The summed E-state index contributed by atoms with van der Waals surface area (Å²) in [5.41, 5.74) is 0. The fraction of sp³-hybridized carbons (Fsp3) is 0.875. The van der Waals surface area contributed by atoms with Gasteiger partial charge in [0.2, 0.25) is 0 Å². The van der Waals surface area contributed by atoms with Gasteiger partial charge in [0.05, 0.1) is 13.2 Å². The minimum Gasteiger partial charge on any atom is -0.450 e. The average Bonchev–Trinajstić information content (AvgIpc) is 2.30. The molecule has 13 heavy (non-hydrogen) atoms. The molecule has 5 heteroatoms. The molecule has 1 unspecified atom stereocenters. The van der Waals surface area contributed by atoms with Crippen LogP contribution in [0.1, 0.15) is 6.92 Å². The molecule has 0 radical (unpaired) electrons. The third-order valence-corrected chi connectivity index (χ3v) is 1.87. The third-order valence-electron chi connectivity index (χ3n) is 1.87. The van der Waals surface area contributed by atoms with Crippen molar-refractivity contribution in [2.75, 3.05) is 32.8 Å². The maximum atomic E-state index is 13.0. The summed E-state index contributed by atoms with van der Waals surface area (Å²) < 4.78 is 17.8. The molecule has 1 rings (SSSR count). The third kappa shape index (κ3) is 3.18. The number of halogens is 1. The molecule has 0 bridgehead atoms. The van der Waals surface area contributed by atoms with Gasteiger partial charge in [-0.2, -0.15) is 0 Å². The predicted molar refractivity (Wildman–Crippen MR) is 46.4 cm³/mol. The molecule has 0 aromatic heterocycles. The van der Waals surface area contributed by atoms with E-state index in [-0.39, 0.29) is 6.54 Å². The lowest BCUT2D eigenvalue weighted by Gasteiger charge is -2.19. The first-order valence-electron chi connectivity index (χ1n) is 4.50. The molecule has 1 aliphatic rings. The van der Waals surface area contributed by atoms with Gasteiger partial charge < -0.3 is 15.0 Å². The Morgan fingerprint density at radius 2 is 2.54 bits per heavy atom. The lowest BCUT2D eigenvalue weighted by Crippen LogP contribution is -2.36. The van der Waals surface area contributed by atoms with Gasteiger partial charge in [-0.1, -0.05) is 0 Å². The number of nitrogens with one attached hydrogen (secondary N) is 1. The van der Waals surface area contributed by atoms with Crippen molar-refractivity contribution in [2.24, 2.45) is 0 Å². The van der Waals surface area contributed by atoms with Crippen LogP contribution in [0.15, 0.2) is 0 Å². The molecule has 1 aliphatic heterocycles. The summed E-state index contributed by atoms with van der Waals surface area (Å²) in [6.07, 6.45) is -1.42. The van der Waals surface area contributed by atoms with Gasteiger partial charge >= 0.3 is 6.09 Å². The second-order valence-electron chi connectivity index (χ2n) is 2.95. The highest BCUT2D eigenvalue weighted by Gasteiger charge is 2.21. The van der Waals surface area contributed by atoms with Crippen LogP contribution in [0.2, 0.25) is 0 Å². The average molecular weight is 190 g/mol. The molecule has 0 saturated carbocycles. The number of ether oxygens (including phenoxy) is 1. The molecule has 1 N–H and O–H groups in total. The zero-order valence-corrected chi connectivity index (χ0v) is 7.75. The normalized spacial score (nSPS) is 23.8. The van der Waals surface area contributed by atoms with Gasteiger partial charge in [0, 0.05) is 19.6 Å². The summed E-state index contributed by atoms with van der Waals surface area (Å²) in [5.74, 6) is 0. The van der Waals surface area contributed by atoms with Crippen LogP contribution >= 0.6 is 0 Å². The van der Waals surface area contributed by atoms with Crippen LogP contribution < -0.4 is 5.32 Å². The lowest BCUT2D eigenvalue weighted by molar-refractivity contribution is 0.101. The van der Waals surface area contributed by atoms with Crippen molar-refractivity contribution in [2.45, 2.75) is 13.1 Å². The van der Waals surface area contributed by atoms with E-state index < -0.39 is 12.3 Å². The number of hydrogen-bond acceptors (Lipinski definition) is 3. The number of hydrogen-bond donors (Lipinski definition) is 1. The van der Waals surface area contributed by atoms with Crippen molar-refractivity contribution in [1.82, 2.24) is 10.2 Å². The SMILES string of the molecule is CCOC(=O)N1CCNCC(F)C1. The van der Waals surface area contributed by atoms with E-state index in [2.05, 4.69) is 5.32 Å². The van der Waals surface area contributed by atoms with Gasteiger partial charge in [0.1, 0.15) is 6.17 Å². The zero-order valence-electron chi connectivity index (χ0n) is 7.75. The van der Waals surface area contributed by atoms with Gasteiger partial charge in [0.25, 0.3) is 0 Å². The van der Waals surface area contributed by atoms with Gasteiger partial charge in [-0.3, -0.25) is 0 Å². The molecule has 0 aliphatic carbocycles. The molecular formula is C8H15FN2O2. The molecule has 0 spiro atoms. The number of carbonyl (C=O) groups excluding carboxylic acids is 1. The minimum atomic E-state index is -0.994. The predicted octanol–water partition coefficient (Wildman–Crippen LogP) is 0.386. The molecule has 76 valence electrons. The van der Waals surface area contributed by atoms with Gasteiger partial charge in [-0.05, 0) is 6.92 Å². The maximum absolute atomic E-state index is 13.0. The largest absolute Gasteiger partial charge is 0.450 e. The Balaban J connectivity index is 2.42. The van der Waals surface area contributed by atoms with Crippen LogP contribution in [0.25, 0.3) is 0 Å². The summed E-state index contributed by atoms with van der Waals surface area (Å²) in [6.45, 7) is 3.65. The molecule has 1 saturated heterocycles. The van der Waals surface area contributed by atoms with E-state index >= 15 is 0 Å². The number of amides is 1. The van der Waals surface area contributed by atoms with Gasteiger partial charge in [-0.25, -0.2) is 9.18 Å². The van der Waals surface area contributed by atoms with Crippen molar-refractivity contribution < 1.29 is 13.9 Å². The second-order valence-corrected chi connectivity index (χ2v) is 2.95. The quantitative estimate of drug-likeness (QED) is 0.650. The summed E-state index contributed by atoms with van der Waals surface area (Å²) in [7, 11) is 0. The fourth-order valence-electron chi connectivity index (χ4n) is 1.25. The van der Waals surface area contributed by atoms with Crippen LogP contribution in [0, 0.1) is 0 Å². The maximum Gasteiger partial charge on any atom is 0.409 e. The lowest BCUT2D eigenvalue weighted by atomic mass is 10.4. The van der Waals surface area contributed by atoms with Crippen LogP contribution in [0.4, 0.5) is 9.18 Å². The van der Waals surface area contributed by atoms with E-state index in [1.165, 1.54) is 4.90 Å². The topological polar surface area (TPSA) is 41.6 Å². The van der Waals surface area contributed by atoms with E-state index in [0.29, 0.717) is 26.2 Å². The highest BCUT2D eigenvalue weighted by atomic mass is 19.1. The van der Waals surface area contributed by atoms with E-state index in [4.69, 9.17) is 4.74 Å². The molecular weight excluding hydrogens is 175 g/mol. The number of nitrogens with zero attached hydrogens (tertiary/aromatic N) is 1. The summed E-state index contributed by atoms with van der Waals surface area (Å²) in [4.78, 5) is 12.6. The Labute approximate surface area is 77.0 Å². The highest BCUT2D eigenvalue weighted by Crippen LogP contribution is 2.02. The monoisotopic (exact) mass is 190 g/mol. The zero-order chi connectivity index (χ0) is 9.68. The van der Waals surface area contributed by atoms with Crippen molar-refractivity contribution in [3.8, 4) is 0 Å². The van der Waals surface area contributed by atoms with Crippen molar-refractivity contribution in [3.63, 3.8) is 0 Å². The Bertz CT molecular complexity index is 178. The summed E-state index contributed by atoms with van der Waals surface area (Å²) in [5, 5.41) is 2.90. The standard InChI is InChI=1S/C8H15FN2O2/c1-2-13-8(12)11-4-3-10-5-7(9)6-11/h7,10H,2-6H2,1H3. The first kappa shape index (κ1) is 10.2. The molecule has 4 nitrogen and oxygen atoms in total. The van der Waals surface area contributed by atoms with Crippen LogP contribution in [-0.4, -0.2) is 50.0 Å². The summed E-state index contributed by atoms with van der Waals surface area (Å²) in [6, 6.07) is 0. The number of carbonyl (C=O) groups is 1. The van der Waals surface area contributed by atoms with Crippen LogP contribution in [-0.2, 0) is 4.74 Å². The van der Waals surface area contributed by atoms with E-state index in [9.17, 15) is 9.18 Å². The van der Waals surface area contributed by atoms with Gasteiger partial charge in [0.15, 0.2) is 0 Å². The van der Waals surface area contributed by atoms with Crippen molar-refractivity contribution >= 4 is 6.09 Å². The van der Waals surface area contributed by atoms with E-state index in [0.717, 1.165) is 0 Å². The smallest absolute Gasteiger partial charge is 0.409 e. The second kappa shape index (κ2) is 5.01.